The summed E-state index contributed by atoms with van der Waals surface area (Å²) in [5.74, 6) is 0.897. The van der Waals surface area contributed by atoms with Gasteiger partial charge in [0.05, 0.1) is 13.7 Å². The number of aliphatic hydroxyl groups excluding tert-OH is 1. The Kier molecular flexibility index (Phi) is 8.93. The Balaban J connectivity index is 2.18. The minimum atomic E-state index is 0.0752. The molecule has 0 heterocycles. The van der Waals surface area contributed by atoms with Crippen molar-refractivity contribution in [3.8, 4) is 5.75 Å². The summed E-state index contributed by atoms with van der Waals surface area (Å²) in [7, 11) is 1.73. The fourth-order valence-electron chi connectivity index (χ4n) is 3.02. The van der Waals surface area contributed by atoms with Crippen molar-refractivity contribution in [3.05, 3.63) is 59.2 Å². The predicted molar refractivity (Wildman–Crippen MR) is 116 cm³/mol. The van der Waals surface area contributed by atoms with Gasteiger partial charge in [-0.15, -0.1) is 0 Å². The summed E-state index contributed by atoms with van der Waals surface area (Å²) in [6, 6.07) is 14.4. The Bertz CT molecular complexity index is 699. The molecule has 2 aromatic rings. The number of hydrogen-bond acceptors (Lipinski definition) is 3. The monoisotopic (exact) mass is 367 g/mol. The lowest BCUT2D eigenvalue weighted by Gasteiger charge is -2.25. The van der Waals surface area contributed by atoms with E-state index in [2.05, 4.69) is 49.1 Å². The van der Waals surface area contributed by atoms with E-state index in [9.17, 15) is 0 Å². The normalized spacial score (nSPS) is 11.1. The molecule has 0 saturated heterocycles. The van der Waals surface area contributed by atoms with Crippen molar-refractivity contribution in [2.45, 2.75) is 46.1 Å². The summed E-state index contributed by atoms with van der Waals surface area (Å²) < 4.78 is 5.66. The van der Waals surface area contributed by atoms with E-state index < -0.39 is 0 Å². The molecule has 0 amide bonds. The Labute approximate surface area is 164 Å². The Hall–Kier alpha value is -2.26. The van der Waals surface area contributed by atoms with Gasteiger partial charge < -0.3 is 14.7 Å². The molecule has 0 aliphatic rings. The molecule has 0 aliphatic heterocycles. The van der Waals surface area contributed by atoms with Crippen LogP contribution in [0.4, 0.5) is 5.69 Å². The van der Waals surface area contributed by atoms with E-state index in [4.69, 9.17) is 9.84 Å². The van der Waals surface area contributed by atoms with Gasteiger partial charge in [0.15, 0.2) is 0 Å². The van der Waals surface area contributed by atoms with E-state index in [1.165, 1.54) is 31.4 Å². The Morgan fingerprint density at radius 3 is 2.15 bits per heavy atom. The summed E-state index contributed by atoms with van der Waals surface area (Å²) in [4.78, 5) is 2.47. The highest BCUT2D eigenvalue weighted by molar-refractivity contribution is 5.74. The average Bonchev–Trinajstić information content (AvgIpc) is 2.72. The van der Waals surface area contributed by atoms with Crippen LogP contribution in [0.5, 0.6) is 5.75 Å². The number of aliphatic hydroxyl groups is 1. The van der Waals surface area contributed by atoms with Gasteiger partial charge in [-0.25, -0.2) is 0 Å². The number of nitrogens with zero attached hydrogens (tertiary/aromatic N) is 1. The fraction of sp³-hybridized carbons (Fsp3) is 0.417. The molecule has 3 heteroatoms. The molecule has 27 heavy (non-hydrogen) atoms. The maximum atomic E-state index is 9.14. The van der Waals surface area contributed by atoms with E-state index in [0.29, 0.717) is 0 Å². The van der Waals surface area contributed by atoms with Crippen LogP contribution >= 0.6 is 0 Å². The second kappa shape index (κ2) is 11.5. The van der Waals surface area contributed by atoms with Gasteiger partial charge in [-0.3, -0.25) is 0 Å². The number of unbranched alkanes of at least 4 members (excludes halogenated alkanes) is 2. The molecule has 0 fully saturated rings. The van der Waals surface area contributed by atoms with Gasteiger partial charge in [-0.05, 0) is 36.1 Å². The van der Waals surface area contributed by atoms with E-state index in [1.54, 1.807) is 7.11 Å². The van der Waals surface area contributed by atoms with E-state index in [0.717, 1.165) is 35.5 Å². The van der Waals surface area contributed by atoms with Crippen LogP contribution in [-0.4, -0.2) is 25.3 Å². The number of methoxy groups -OCH3 is 1. The Morgan fingerprint density at radius 2 is 1.59 bits per heavy atom. The van der Waals surface area contributed by atoms with Crippen molar-refractivity contribution in [2.24, 2.45) is 0 Å². The molecule has 3 nitrogen and oxygen atoms in total. The molecule has 2 rings (SSSR count). The number of benzene rings is 2. The summed E-state index contributed by atoms with van der Waals surface area (Å²) >= 11 is 0. The van der Waals surface area contributed by atoms with E-state index >= 15 is 0 Å². The molecule has 0 unspecified atom stereocenters. The maximum Gasteiger partial charge on any atom is 0.128 e. The molecule has 1 N–H and O–H groups in total. The first kappa shape index (κ1) is 21.0. The zero-order valence-corrected chi connectivity index (χ0v) is 16.9. The highest BCUT2D eigenvalue weighted by Crippen LogP contribution is 2.28. The third-order valence-corrected chi connectivity index (χ3v) is 4.76. The molecular weight excluding hydrogens is 334 g/mol. The Morgan fingerprint density at radius 1 is 0.926 bits per heavy atom. The summed E-state index contributed by atoms with van der Waals surface area (Å²) in [5.41, 5.74) is 4.33. The van der Waals surface area contributed by atoms with Crippen LogP contribution in [0.15, 0.2) is 42.5 Å². The summed E-state index contributed by atoms with van der Waals surface area (Å²) in [6.45, 7) is 6.73. The van der Waals surface area contributed by atoms with E-state index in [-0.39, 0.29) is 6.61 Å². The summed E-state index contributed by atoms with van der Waals surface area (Å²) in [5, 5.41) is 9.14. The summed E-state index contributed by atoms with van der Waals surface area (Å²) in [6.07, 6.45) is 8.98. The second-order valence-corrected chi connectivity index (χ2v) is 6.85. The van der Waals surface area contributed by atoms with Crippen molar-refractivity contribution < 1.29 is 9.84 Å². The smallest absolute Gasteiger partial charge is 0.128 e. The van der Waals surface area contributed by atoms with Gasteiger partial charge in [-0.1, -0.05) is 63.1 Å². The lowest BCUT2D eigenvalue weighted by molar-refractivity contribution is 0.282. The predicted octanol–water partition coefficient (Wildman–Crippen LogP) is 5.76. The molecule has 0 aromatic heterocycles. The molecule has 2 aromatic carbocycles. The zero-order chi connectivity index (χ0) is 19.5. The number of ether oxygens (including phenoxy) is 1. The standard InChI is InChI=1S/C24H33NO2/c1-4-6-16-25(17-7-5-2)23-15-14-22(24(18-23)27-3)13-12-20-8-10-21(19-26)11-9-20/h8-15,18,26H,4-7,16-17,19H2,1-3H3. The van der Waals surface area contributed by atoms with Crippen LogP contribution in [0.3, 0.4) is 0 Å². The highest BCUT2D eigenvalue weighted by atomic mass is 16.5. The van der Waals surface area contributed by atoms with Gasteiger partial charge in [0.1, 0.15) is 5.75 Å². The lowest BCUT2D eigenvalue weighted by Crippen LogP contribution is -2.25. The molecular formula is C24H33NO2. The largest absolute Gasteiger partial charge is 0.496 e. The first-order valence-corrected chi connectivity index (χ1v) is 10.0. The molecule has 0 bridgehead atoms. The van der Waals surface area contributed by atoms with Crippen LogP contribution < -0.4 is 9.64 Å². The second-order valence-electron chi connectivity index (χ2n) is 6.85. The topological polar surface area (TPSA) is 32.7 Å². The van der Waals surface area contributed by atoms with Crippen LogP contribution in [0.25, 0.3) is 12.2 Å². The van der Waals surface area contributed by atoms with Gasteiger partial charge in [0, 0.05) is 30.4 Å². The molecule has 0 aliphatic carbocycles. The minimum Gasteiger partial charge on any atom is -0.496 e. The first-order valence-electron chi connectivity index (χ1n) is 10.0. The van der Waals surface area contributed by atoms with Crippen molar-refractivity contribution in [2.75, 3.05) is 25.1 Å². The van der Waals surface area contributed by atoms with Gasteiger partial charge >= 0.3 is 0 Å². The first-order chi connectivity index (χ1) is 13.2. The molecule has 0 atom stereocenters. The molecule has 0 spiro atoms. The van der Waals surface area contributed by atoms with Gasteiger partial charge in [0.2, 0.25) is 0 Å². The van der Waals surface area contributed by atoms with Crippen LogP contribution in [0.1, 0.15) is 56.2 Å². The van der Waals surface area contributed by atoms with Crippen LogP contribution in [0, 0.1) is 0 Å². The molecule has 0 saturated carbocycles. The van der Waals surface area contributed by atoms with Gasteiger partial charge in [0.25, 0.3) is 0 Å². The highest BCUT2D eigenvalue weighted by Gasteiger charge is 2.09. The van der Waals surface area contributed by atoms with Crippen molar-refractivity contribution in [1.82, 2.24) is 0 Å². The number of hydrogen-bond donors (Lipinski definition) is 1. The van der Waals surface area contributed by atoms with Gasteiger partial charge in [-0.2, -0.15) is 0 Å². The third kappa shape index (κ3) is 6.44. The van der Waals surface area contributed by atoms with E-state index in [1.807, 2.05) is 24.3 Å². The molecule has 146 valence electrons. The van der Waals surface area contributed by atoms with Crippen molar-refractivity contribution in [3.63, 3.8) is 0 Å². The quantitative estimate of drug-likeness (QED) is 0.512. The number of rotatable bonds is 11. The molecule has 0 radical (unpaired) electrons. The van der Waals surface area contributed by atoms with Crippen molar-refractivity contribution >= 4 is 17.8 Å². The van der Waals surface area contributed by atoms with Crippen LogP contribution in [-0.2, 0) is 6.61 Å². The number of anilines is 1. The third-order valence-electron chi connectivity index (χ3n) is 4.76. The lowest BCUT2D eigenvalue weighted by atomic mass is 10.1. The average molecular weight is 368 g/mol. The minimum absolute atomic E-state index is 0.0752. The fourth-order valence-corrected chi connectivity index (χ4v) is 3.02. The maximum absolute atomic E-state index is 9.14. The van der Waals surface area contributed by atoms with Crippen LogP contribution in [0.2, 0.25) is 0 Å². The zero-order valence-electron chi connectivity index (χ0n) is 16.9. The SMILES string of the molecule is CCCCN(CCCC)c1ccc(C=Cc2ccc(CO)cc2)c(OC)c1. The van der Waals surface area contributed by atoms with Crippen molar-refractivity contribution in [1.29, 1.82) is 0 Å².